The molecule has 0 bridgehead atoms. The van der Waals surface area contributed by atoms with E-state index in [0.717, 1.165) is 47.1 Å². The molecule has 4 aromatic heterocycles. The van der Waals surface area contributed by atoms with Crippen molar-refractivity contribution in [2.75, 3.05) is 0 Å². The number of thiazole rings is 1. The van der Waals surface area contributed by atoms with E-state index in [0.29, 0.717) is 0 Å². The Morgan fingerprint density at radius 3 is 2.91 bits per heavy atom. The first kappa shape index (κ1) is 14.1. The second-order valence-electron chi connectivity index (χ2n) is 5.19. The van der Waals surface area contributed by atoms with Crippen molar-refractivity contribution in [2.45, 2.75) is 26.3 Å². The van der Waals surface area contributed by atoms with E-state index in [-0.39, 0.29) is 0 Å². The highest BCUT2D eigenvalue weighted by Crippen LogP contribution is 2.18. The summed E-state index contributed by atoms with van der Waals surface area (Å²) in [4.78, 5) is 13.2. The van der Waals surface area contributed by atoms with Crippen molar-refractivity contribution in [2.24, 2.45) is 0 Å². The highest BCUT2D eigenvalue weighted by atomic mass is 32.1. The zero-order valence-corrected chi connectivity index (χ0v) is 13.6. The summed E-state index contributed by atoms with van der Waals surface area (Å²) >= 11 is 1.59. The largest absolute Gasteiger partial charge is 0.328 e. The fraction of sp³-hybridized carbons (Fsp3) is 0.250. The van der Waals surface area contributed by atoms with E-state index in [9.17, 15) is 0 Å². The molecule has 4 aromatic rings. The fourth-order valence-electron chi connectivity index (χ4n) is 2.83. The van der Waals surface area contributed by atoms with Gasteiger partial charge in [-0.25, -0.2) is 14.6 Å². The van der Waals surface area contributed by atoms with E-state index in [1.165, 1.54) is 0 Å². The molecule has 0 atom stereocenters. The quantitative estimate of drug-likeness (QED) is 0.566. The van der Waals surface area contributed by atoms with Crippen molar-refractivity contribution in [3.8, 4) is 5.13 Å². The van der Waals surface area contributed by atoms with Crippen molar-refractivity contribution in [3.05, 3.63) is 53.8 Å². The van der Waals surface area contributed by atoms with E-state index in [4.69, 9.17) is 4.98 Å². The number of pyridine rings is 1. The average molecular weight is 324 g/mol. The number of hydrogen-bond acceptors (Lipinski definition) is 5. The maximum Gasteiger partial charge on any atom is 0.210 e. The minimum absolute atomic E-state index is 0.861. The van der Waals surface area contributed by atoms with Gasteiger partial charge >= 0.3 is 0 Å². The van der Waals surface area contributed by atoms with Crippen LogP contribution in [0.15, 0.2) is 42.3 Å². The molecule has 0 saturated heterocycles. The van der Waals surface area contributed by atoms with Crippen LogP contribution in [0, 0.1) is 0 Å². The Morgan fingerprint density at radius 2 is 2.09 bits per heavy atom. The molecule has 0 aromatic carbocycles. The lowest BCUT2D eigenvalue weighted by molar-refractivity contribution is 0.691. The third kappa shape index (κ3) is 2.53. The van der Waals surface area contributed by atoms with Crippen LogP contribution >= 0.6 is 11.3 Å². The molecule has 0 N–H and O–H groups in total. The lowest BCUT2D eigenvalue weighted by atomic mass is 10.2. The highest BCUT2D eigenvalue weighted by Gasteiger charge is 2.12. The Balaban J connectivity index is 1.62. The normalized spacial score (nSPS) is 11.3. The molecule has 0 spiro atoms. The standard InChI is InChI=1S/C16H16N6S/c1-2-21-14-6-7-17-11-13(14)20-15(21)4-3-12-5-8-19-22(12)16-18-9-10-23-16/h5-11H,2-4H2,1H3. The van der Waals surface area contributed by atoms with Gasteiger partial charge < -0.3 is 4.57 Å². The fourth-order valence-corrected chi connectivity index (χ4v) is 3.46. The molecule has 7 heteroatoms. The molecule has 0 fully saturated rings. The van der Waals surface area contributed by atoms with E-state index in [2.05, 4.69) is 26.6 Å². The van der Waals surface area contributed by atoms with Crippen molar-refractivity contribution in [1.29, 1.82) is 0 Å². The highest BCUT2D eigenvalue weighted by molar-refractivity contribution is 7.12. The third-order valence-electron chi connectivity index (χ3n) is 3.87. The molecule has 0 amide bonds. The summed E-state index contributed by atoms with van der Waals surface area (Å²) < 4.78 is 4.16. The van der Waals surface area contributed by atoms with Gasteiger partial charge in [0.25, 0.3) is 0 Å². The van der Waals surface area contributed by atoms with E-state index >= 15 is 0 Å². The minimum atomic E-state index is 0.861. The molecule has 6 nitrogen and oxygen atoms in total. The second kappa shape index (κ2) is 5.92. The Kier molecular flexibility index (Phi) is 3.63. The third-order valence-corrected chi connectivity index (χ3v) is 4.62. The summed E-state index contributed by atoms with van der Waals surface area (Å²) in [6, 6.07) is 4.07. The van der Waals surface area contributed by atoms with Crippen LogP contribution in [0.25, 0.3) is 16.2 Å². The Morgan fingerprint density at radius 1 is 1.13 bits per heavy atom. The van der Waals surface area contributed by atoms with E-state index < -0.39 is 0 Å². The molecule has 0 radical (unpaired) electrons. The van der Waals surface area contributed by atoms with E-state index in [1.54, 1.807) is 17.5 Å². The van der Waals surface area contributed by atoms with Crippen molar-refractivity contribution in [3.63, 3.8) is 0 Å². The molecular formula is C16H16N6S. The Labute approximate surface area is 137 Å². The summed E-state index contributed by atoms with van der Waals surface area (Å²) in [7, 11) is 0. The molecule has 4 rings (SSSR count). The number of rotatable bonds is 5. The Bertz CT molecular complexity index is 921. The molecule has 4 heterocycles. The van der Waals surface area contributed by atoms with Crippen LogP contribution in [0.3, 0.4) is 0 Å². The lowest BCUT2D eigenvalue weighted by Gasteiger charge is -2.07. The summed E-state index contributed by atoms with van der Waals surface area (Å²) in [5, 5.41) is 7.25. The van der Waals surface area contributed by atoms with Crippen LogP contribution in [0.1, 0.15) is 18.4 Å². The van der Waals surface area contributed by atoms with Gasteiger partial charge in [-0.1, -0.05) is 0 Å². The molecule has 116 valence electrons. The number of imidazole rings is 1. The number of nitrogens with zero attached hydrogens (tertiary/aromatic N) is 6. The molecule has 0 saturated carbocycles. The summed E-state index contributed by atoms with van der Waals surface area (Å²) in [6.45, 7) is 3.05. The number of aromatic nitrogens is 6. The topological polar surface area (TPSA) is 61.4 Å². The number of fused-ring (bicyclic) bond motifs is 1. The first-order valence-electron chi connectivity index (χ1n) is 7.58. The number of hydrogen-bond donors (Lipinski definition) is 0. The first-order chi connectivity index (χ1) is 11.4. The smallest absolute Gasteiger partial charge is 0.210 e. The van der Waals surface area contributed by atoms with Gasteiger partial charge in [-0.05, 0) is 25.5 Å². The molecule has 0 aliphatic heterocycles. The van der Waals surface area contributed by atoms with Crippen LogP contribution in [0.5, 0.6) is 0 Å². The van der Waals surface area contributed by atoms with Gasteiger partial charge in [0, 0.05) is 42.6 Å². The molecule has 0 aliphatic rings. The maximum atomic E-state index is 4.73. The Hall–Kier alpha value is -2.54. The predicted octanol–water partition coefficient (Wildman–Crippen LogP) is 2.88. The van der Waals surface area contributed by atoms with Crippen LogP contribution in [0.2, 0.25) is 0 Å². The van der Waals surface area contributed by atoms with Crippen molar-refractivity contribution >= 4 is 22.4 Å². The SMILES string of the molecule is CCn1c(CCc2ccnn2-c2nccs2)nc2cnccc21. The molecular weight excluding hydrogens is 308 g/mol. The maximum absolute atomic E-state index is 4.73. The van der Waals surface area contributed by atoms with Crippen molar-refractivity contribution in [1.82, 2.24) is 29.3 Å². The van der Waals surface area contributed by atoms with Crippen LogP contribution in [-0.2, 0) is 19.4 Å². The van der Waals surface area contributed by atoms with Crippen LogP contribution < -0.4 is 0 Å². The zero-order chi connectivity index (χ0) is 15.6. The van der Waals surface area contributed by atoms with Gasteiger partial charge in [-0.3, -0.25) is 4.98 Å². The first-order valence-corrected chi connectivity index (χ1v) is 8.46. The van der Waals surface area contributed by atoms with E-state index in [1.807, 2.05) is 40.8 Å². The molecule has 23 heavy (non-hydrogen) atoms. The summed E-state index contributed by atoms with van der Waals surface area (Å²) in [5.74, 6) is 1.09. The monoisotopic (exact) mass is 324 g/mol. The number of aryl methyl sites for hydroxylation is 3. The molecule has 0 unspecified atom stereocenters. The van der Waals surface area contributed by atoms with Gasteiger partial charge in [0.2, 0.25) is 5.13 Å². The summed E-state index contributed by atoms with van der Waals surface area (Å²) in [6.07, 6.45) is 9.00. The van der Waals surface area contributed by atoms with Gasteiger partial charge in [0.1, 0.15) is 11.3 Å². The predicted molar refractivity (Wildman–Crippen MR) is 89.8 cm³/mol. The van der Waals surface area contributed by atoms with Gasteiger partial charge in [0.05, 0.1) is 11.7 Å². The van der Waals surface area contributed by atoms with Crippen molar-refractivity contribution < 1.29 is 0 Å². The minimum Gasteiger partial charge on any atom is -0.328 e. The average Bonchev–Trinajstić information content (AvgIpc) is 3.30. The van der Waals surface area contributed by atoms with Crippen LogP contribution in [0.4, 0.5) is 0 Å². The summed E-state index contributed by atoms with van der Waals surface area (Å²) in [5.41, 5.74) is 3.25. The van der Waals surface area contributed by atoms with Crippen LogP contribution in [-0.4, -0.2) is 29.3 Å². The van der Waals surface area contributed by atoms with Gasteiger partial charge in [0.15, 0.2) is 0 Å². The lowest BCUT2D eigenvalue weighted by Crippen LogP contribution is -2.07. The zero-order valence-electron chi connectivity index (χ0n) is 12.8. The van der Waals surface area contributed by atoms with Gasteiger partial charge in [-0.15, -0.1) is 11.3 Å². The van der Waals surface area contributed by atoms with Gasteiger partial charge in [-0.2, -0.15) is 5.10 Å². The molecule has 0 aliphatic carbocycles. The second-order valence-corrected chi connectivity index (χ2v) is 6.06.